The predicted octanol–water partition coefficient (Wildman–Crippen LogP) is 24.0. The quantitative estimate of drug-likeness (QED) is 0.135. The topological polar surface area (TPSA) is 24.6 Å². The van der Waals surface area contributed by atoms with Crippen molar-refractivity contribution in [3.63, 3.8) is 0 Å². The molecule has 14 aromatic carbocycles. The van der Waals surface area contributed by atoms with Crippen LogP contribution in [0.15, 0.2) is 302 Å². The average Bonchev–Trinajstić information content (AvgIpc) is 1.88. The monoisotopic (exact) mass is 1130 g/mol. The summed E-state index contributed by atoms with van der Waals surface area (Å²) in [6.45, 7) is 0. The van der Waals surface area contributed by atoms with Crippen molar-refractivity contribution in [1.29, 1.82) is 0 Å². The number of para-hydroxylation sites is 3. The van der Waals surface area contributed by atoms with E-state index in [9.17, 15) is 0 Å². The molecule has 0 radical (unpaired) electrons. The van der Waals surface area contributed by atoms with E-state index in [1.165, 1.54) is 78.2 Å². The zero-order valence-corrected chi connectivity index (χ0v) is 48.0. The Morgan fingerprint density at radius 1 is 0.279 bits per heavy atom. The van der Waals surface area contributed by atoms with Crippen LogP contribution in [0.1, 0.15) is 0 Å². The Morgan fingerprint density at radius 2 is 0.779 bits per heavy atom. The smallest absolute Gasteiger partial charge is 0.143 e. The maximum atomic E-state index is 7.07. The number of anilines is 6. The highest BCUT2D eigenvalue weighted by Crippen LogP contribution is 2.48. The first kappa shape index (κ1) is 48.7. The van der Waals surface area contributed by atoms with Crippen LogP contribution in [0.4, 0.5) is 34.1 Å². The number of rotatable bonds is 9. The molecule has 0 N–H and O–H groups in total. The first-order valence-corrected chi connectivity index (χ1v) is 30.8. The van der Waals surface area contributed by atoms with E-state index in [0.29, 0.717) is 0 Å². The van der Waals surface area contributed by atoms with Gasteiger partial charge in [0.15, 0.2) is 0 Å². The van der Waals surface area contributed by atoms with Gasteiger partial charge in [-0.2, -0.15) is 0 Å². The minimum atomic E-state index is 0.857. The van der Waals surface area contributed by atoms with Crippen molar-refractivity contribution in [2.75, 3.05) is 9.80 Å². The summed E-state index contributed by atoms with van der Waals surface area (Å²) in [6, 6.07) is 109. The highest BCUT2D eigenvalue weighted by molar-refractivity contribution is 7.26. The van der Waals surface area contributed by atoms with Crippen molar-refractivity contribution >= 4 is 162 Å². The molecule has 18 aromatic rings. The van der Waals surface area contributed by atoms with Gasteiger partial charge in [-0.15, -0.1) is 22.7 Å². The number of thiophene rings is 2. The van der Waals surface area contributed by atoms with Crippen LogP contribution in [0.25, 0.3) is 134 Å². The van der Waals surface area contributed by atoms with Crippen molar-refractivity contribution < 1.29 is 4.42 Å². The lowest BCUT2D eigenvalue weighted by Crippen LogP contribution is -2.13. The molecule has 0 aliphatic rings. The Morgan fingerprint density at radius 3 is 1.52 bits per heavy atom. The lowest BCUT2D eigenvalue weighted by atomic mass is 9.96. The SMILES string of the molecule is c1ccc(N(c2ccc(-c3ccc4c(c3)oc3c(-c5ccc6c7c8ccccc8c8ccccc8c7n(-c7ccc8c(c7)sc7ccccc78)c6c5)cccc34)cc2)c2cccc(N(c3ccccc3)c3ccc4sc5ccccc5c4c3)c2)cc1. The van der Waals surface area contributed by atoms with Gasteiger partial charge in [0.05, 0.1) is 11.0 Å². The van der Waals surface area contributed by atoms with Crippen molar-refractivity contribution in [2.45, 2.75) is 0 Å². The third-order valence-corrected chi connectivity index (χ3v) is 19.8. The number of benzene rings is 14. The fourth-order valence-electron chi connectivity index (χ4n) is 13.6. The Kier molecular flexibility index (Phi) is 11.0. The van der Waals surface area contributed by atoms with Crippen LogP contribution in [0.3, 0.4) is 0 Å². The number of aromatic nitrogens is 1. The van der Waals surface area contributed by atoms with Crippen LogP contribution in [-0.4, -0.2) is 4.57 Å². The van der Waals surface area contributed by atoms with E-state index in [4.69, 9.17) is 4.42 Å². The minimum absolute atomic E-state index is 0.857. The van der Waals surface area contributed by atoms with Crippen LogP contribution in [0.5, 0.6) is 0 Å². The molecule has 18 rings (SSSR count). The molecule has 0 fully saturated rings. The molecule has 86 heavy (non-hydrogen) atoms. The molecule has 4 nitrogen and oxygen atoms in total. The molecule has 6 heteroatoms. The molecule has 0 atom stereocenters. The molecule has 0 aliphatic heterocycles. The summed E-state index contributed by atoms with van der Waals surface area (Å²) in [5.74, 6) is 0. The van der Waals surface area contributed by atoms with E-state index in [-0.39, 0.29) is 0 Å². The molecular weight excluding hydrogens is 1080 g/mol. The van der Waals surface area contributed by atoms with Crippen LogP contribution in [0, 0.1) is 0 Å². The second kappa shape index (κ2) is 19.4. The van der Waals surface area contributed by atoms with Gasteiger partial charge < -0.3 is 18.8 Å². The summed E-state index contributed by atoms with van der Waals surface area (Å²) in [5, 5.41) is 14.8. The molecule has 0 amide bonds. The fourth-order valence-corrected chi connectivity index (χ4v) is 15.9. The Hall–Kier alpha value is -10.8. The summed E-state index contributed by atoms with van der Waals surface area (Å²) in [7, 11) is 0. The molecule has 0 aliphatic carbocycles. The number of fused-ring (bicyclic) bond motifs is 17. The molecule has 0 unspecified atom stereocenters. The average molecular weight is 1130 g/mol. The largest absolute Gasteiger partial charge is 0.455 e. The summed E-state index contributed by atoms with van der Waals surface area (Å²) in [4.78, 5) is 4.72. The van der Waals surface area contributed by atoms with E-state index in [0.717, 1.165) is 89.5 Å². The van der Waals surface area contributed by atoms with Crippen LogP contribution >= 0.6 is 22.7 Å². The van der Waals surface area contributed by atoms with Gasteiger partial charge in [0.25, 0.3) is 0 Å². The Bertz CT molecular complexity index is 5740. The number of furan rings is 1. The molecule has 0 spiro atoms. The first-order valence-electron chi connectivity index (χ1n) is 29.2. The maximum absolute atomic E-state index is 7.07. The van der Waals surface area contributed by atoms with Crippen molar-refractivity contribution in [2.24, 2.45) is 0 Å². The minimum Gasteiger partial charge on any atom is -0.455 e. The summed E-state index contributed by atoms with van der Waals surface area (Å²) in [6.07, 6.45) is 0. The van der Waals surface area contributed by atoms with Crippen molar-refractivity contribution in [1.82, 2.24) is 4.57 Å². The second-order valence-corrected chi connectivity index (χ2v) is 24.5. The van der Waals surface area contributed by atoms with Crippen molar-refractivity contribution in [3.05, 3.63) is 297 Å². The van der Waals surface area contributed by atoms with Gasteiger partial charge in [-0.1, -0.05) is 182 Å². The number of nitrogens with zero attached hydrogens (tertiary/aromatic N) is 3. The molecule has 4 aromatic heterocycles. The molecule has 0 saturated carbocycles. The Labute approximate surface area is 503 Å². The summed E-state index contributed by atoms with van der Waals surface area (Å²) < 4.78 is 14.8. The zero-order chi connectivity index (χ0) is 56.4. The fraction of sp³-hybridized carbons (Fsp3) is 0. The molecule has 4 heterocycles. The Balaban J connectivity index is 0.729. The third kappa shape index (κ3) is 7.67. The van der Waals surface area contributed by atoms with E-state index >= 15 is 0 Å². The van der Waals surface area contributed by atoms with Gasteiger partial charge in [-0.25, -0.2) is 0 Å². The number of hydrogen-bond donors (Lipinski definition) is 0. The third-order valence-electron chi connectivity index (χ3n) is 17.5. The number of hydrogen-bond acceptors (Lipinski definition) is 5. The van der Waals surface area contributed by atoms with Crippen LogP contribution in [0.2, 0.25) is 0 Å². The zero-order valence-electron chi connectivity index (χ0n) is 46.4. The van der Waals surface area contributed by atoms with E-state index in [1.807, 2.05) is 22.7 Å². The lowest BCUT2D eigenvalue weighted by molar-refractivity contribution is 0.670. The molecular formula is C80H49N3OS2. The highest BCUT2D eigenvalue weighted by Gasteiger charge is 2.23. The first-order chi connectivity index (χ1) is 42.6. The lowest BCUT2D eigenvalue weighted by Gasteiger charge is -2.29. The maximum Gasteiger partial charge on any atom is 0.143 e. The van der Waals surface area contributed by atoms with Gasteiger partial charge in [0.1, 0.15) is 11.2 Å². The van der Waals surface area contributed by atoms with E-state index in [1.54, 1.807) is 0 Å². The van der Waals surface area contributed by atoms with E-state index < -0.39 is 0 Å². The molecule has 402 valence electrons. The summed E-state index contributed by atoms with van der Waals surface area (Å²) >= 11 is 3.71. The van der Waals surface area contributed by atoms with Gasteiger partial charge in [0, 0.05) is 113 Å². The van der Waals surface area contributed by atoms with Crippen molar-refractivity contribution in [3.8, 4) is 27.9 Å². The second-order valence-electron chi connectivity index (χ2n) is 22.3. The van der Waals surface area contributed by atoms with Gasteiger partial charge in [-0.05, 0) is 148 Å². The van der Waals surface area contributed by atoms with Gasteiger partial charge in [0.2, 0.25) is 0 Å². The van der Waals surface area contributed by atoms with Gasteiger partial charge in [-0.3, -0.25) is 0 Å². The van der Waals surface area contributed by atoms with E-state index in [2.05, 4.69) is 312 Å². The molecule has 0 saturated heterocycles. The van der Waals surface area contributed by atoms with Gasteiger partial charge >= 0.3 is 0 Å². The predicted molar refractivity (Wildman–Crippen MR) is 369 cm³/mol. The standard InChI is InChI=1S/C80H49N3OS2/c1-3-17-53(18-4-1)81(56-21-15-22-57(47-56)82(54-19-5-2-6-20-54)58-40-44-76-71(48-58)65-26-12-14-32-75(65)85-76)55-37-33-50(34-38-55)51-35-41-63-69-30-16-29-60(80(69)84-73(63)46-51)52-36-42-70-72(45-52)83(59-39-43-66-64-25-11-13-31-74(64)86-77(66)49-59)79-68-28-10-8-24-62(68)61-23-7-9-27-67(61)78(70)79/h1-49H. The normalized spacial score (nSPS) is 12.0. The molecule has 0 bridgehead atoms. The summed E-state index contributed by atoms with van der Waals surface area (Å²) in [5.41, 5.74) is 16.1. The van der Waals surface area contributed by atoms with Crippen LogP contribution in [-0.2, 0) is 0 Å². The van der Waals surface area contributed by atoms with Crippen LogP contribution < -0.4 is 9.80 Å². The highest BCUT2D eigenvalue weighted by atomic mass is 32.1.